The van der Waals surface area contributed by atoms with Gasteiger partial charge in [0, 0.05) is 0 Å². The molecule has 0 heterocycles. The number of carbonyl (C=O) groups is 1. The molecular weight excluding hydrogens is 192 g/mol. The highest BCUT2D eigenvalue weighted by Crippen LogP contribution is 2.21. The lowest BCUT2D eigenvalue weighted by Gasteiger charge is -2.15. The summed E-state index contributed by atoms with van der Waals surface area (Å²) in [5.41, 5.74) is 4.22. The highest BCUT2D eigenvalue weighted by molar-refractivity contribution is 5.80. The van der Waals surface area contributed by atoms with E-state index >= 15 is 0 Å². The molecule has 0 bridgehead atoms. The number of hydrazine groups is 1. The van der Waals surface area contributed by atoms with Crippen LogP contribution in [0.5, 0.6) is 5.75 Å². The molecule has 0 spiro atoms. The van der Waals surface area contributed by atoms with Crippen LogP contribution >= 0.6 is 0 Å². The molecule has 15 heavy (non-hydrogen) atoms. The van der Waals surface area contributed by atoms with Gasteiger partial charge in [0.15, 0.2) is 6.10 Å². The van der Waals surface area contributed by atoms with Crippen molar-refractivity contribution < 1.29 is 9.53 Å². The molecule has 0 saturated heterocycles. The number of carbonyl (C=O) groups excluding carboxylic acids is 1. The van der Waals surface area contributed by atoms with Crippen LogP contribution in [0.3, 0.4) is 0 Å². The molecule has 4 nitrogen and oxygen atoms in total. The fraction of sp³-hybridized carbons (Fsp3) is 0.364. The van der Waals surface area contributed by atoms with Gasteiger partial charge in [0.25, 0.3) is 5.91 Å². The Kier molecular flexibility index (Phi) is 3.68. The highest BCUT2D eigenvalue weighted by atomic mass is 16.5. The predicted octanol–water partition coefficient (Wildman–Crippen LogP) is 1.06. The topological polar surface area (TPSA) is 64.3 Å². The summed E-state index contributed by atoms with van der Waals surface area (Å²) < 4.78 is 5.49. The molecule has 1 atom stereocenters. The van der Waals surface area contributed by atoms with Crippen molar-refractivity contribution in [2.45, 2.75) is 26.9 Å². The first-order chi connectivity index (χ1) is 7.06. The Balaban J connectivity index is 2.81. The number of ether oxygens (including phenoxy) is 1. The molecule has 1 unspecified atom stereocenters. The summed E-state index contributed by atoms with van der Waals surface area (Å²) in [5, 5.41) is 0. The molecule has 0 radical (unpaired) electrons. The Bertz CT molecular complexity index is 364. The van der Waals surface area contributed by atoms with Crippen molar-refractivity contribution in [3.8, 4) is 5.75 Å². The summed E-state index contributed by atoms with van der Waals surface area (Å²) in [6.45, 7) is 5.61. The molecule has 0 fully saturated rings. The summed E-state index contributed by atoms with van der Waals surface area (Å²) in [6, 6.07) is 5.73. The van der Waals surface area contributed by atoms with E-state index < -0.39 is 6.10 Å². The molecule has 0 aliphatic heterocycles. The van der Waals surface area contributed by atoms with E-state index in [0.717, 1.165) is 11.1 Å². The van der Waals surface area contributed by atoms with Gasteiger partial charge in [-0.2, -0.15) is 0 Å². The maximum atomic E-state index is 11.2. The lowest BCUT2D eigenvalue weighted by Crippen LogP contribution is -2.40. The Labute approximate surface area is 89.4 Å². The predicted molar refractivity (Wildman–Crippen MR) is 58.3 cm³/mol. The molecule has 0 aromatic heterocycles. The summed E-state index contributed by atoms with van der Waals surface area (Å²) >= 11 is 0. The van der Waals surface area contributed by atoms with Crippen molar-refractivity contribution in [2.75, 3.05) is 0 Å². The van der Waals surface area contributed by atoms with Crippen molar-refractivity contribution >= 4 is 5.91 Å². The number of amides is 1. The standard InChI is InChI=1S/C11H16N2O2/c1-7-5-4-6-10(8(7)2)15-9(3)11(14)13-12/h4-6,9H,12H2,1-3H3,(H,13,14). The molecule has 1 rings (SSSR count). The molecule has 0 aliphatic carbocycles. The van der Waals surface area contributed by atoms with E-state index in [9.17, 15) is 4.79 Å². The molecule has 4 heteroatoms. The Morgan fingerprint density at radius 2 is 2.13 bits per heavy atom. The third-order valence-electron chi connectivity index (χ3n) is 2.37. The maximum absolute atomic E-state index is 11.2. The van der Waals surface area contributed by atoms with E-state index in [4.69, 9.17) is 10.6 Å². The van der Waals surface area contributed by atoms with E-state index in [0.29, 0.717) is 5.75 Å². The zero-order valence-electron chi connectivity index (χ0n) is 9.20. The van der Waals surface area contributed by atoms with Crippen LogP contribution in [0.4, 0.5) is 0 Å². The van der Waals surface area contributed by atoms with Gasteiger partial charge in [-0.15, -0.1) is 0 Å². The van der Waals surface area contributed by atoms with Crippen molar-refractivity contribution in [1.82, 2.24) is 5.43 Å². The van der Waals surface area contributed by atoms with Crippen LogP contribution in [0, 0.1) is 13.8 Å². The molecule has 3 N–H and O–H groups in total. The SMILES string of the molecule is Cc1cccc(OC(C)C(=O)NN)c1C. The van der Waals surface area contributed by atoms with Gasteiger partial charge >= 0.3 is 0 Å². The van der Waals surface area contributed by atoms with Gasteiger partial charge in [-0.1, -0.05) is 12.1 Å². The van der Waals surface area contributed by atoms with Gasteiger partial charge in [0.1, 0.15) is 5.75 Å². The lowest BCUT2D eigenvalue weighted by atomic mass is 10.1. The van der Waals surface area contributed by atoms with Crippen molar-refractivity contribution in [3.63, 3.8) is 0 Å². The minimum Gasteiger partial charge on any atom is -0.481 e. The van der Waals surface area contributed by atoms with Gasteiger partial charge in [-0.25, -0.2) is 5.84 Å². The smallest absolute Gasteiger partial charge is 0.274 e. The summed E-state index contributed by atoms with van der Waals surface area (Å²) in [5.74, 6) is 5.39. The zero-order chi connectivity index (χ0) is 11.4. The lowest BCUT2D eigenvalue weighted by molar-refractivity contribution is -0.127. The van der Waals surface area contributed by atoms with Gasteiger partial charge in [-0.3, -0.25) is 10.2 Å². The second kappa shape index (κ2) is 4.79. The number of benzene rings is 1. The Morgan fingerprint density at radius 3 is 2.73 bits per heavy atom. The molecule has 0 aliphatic rings. The first kappa shape index (κ1) is 11.5. The van der Waals surface area contributed by atoms with Crippen molar-refractivity contribution in [2.24, 2.45) is 5.84 Å². The van der Waals surface area contributed by atoms with Gasteiger partial charge in [-0.05, 0) is 38.0 Å². The third kappa shape index (κ3) is 2.70. The van der Waals surface area contributed by atoms with Crippen LogP contribution in [0.2, 0.25) is 0 Å². The van der Waals surface area contributed by atoms with E-state index in [2.05, 4.69) is 5.43 Å². The van der Waals surface area contributed by atoms with Crippen LogP contribution in [0.25, 0.3) is 0 Å². The normalized spacial score (nSPS) is 12.0. The zero-order valence-corrected chi connectivity index (χ0v) is 9.20. The van der Waals surface area contributed by atoms with Crippen LogP contribution in [0.1, 0.15) is 18.1 Å². The number of aryl methyl sites for hydroxylation is 1. The molecule has 0 saturated carbocycles. The average molecular weight is 208 g/mol. The van der Waals surface area contributed by atoms with Crippen LogP contribution in [0.15, 0.2) is 18.2 Å². The minimum atomic E-state index is -0.588. The van der Waals surface area contributed by atoms with E-state index in [1.54, 1.807) is 6.92 Å². The van der Waals surface area contributed by atoms with Gasteiger partial charge in [0.2, 0.25) is 0 Å². The van der Waals surface area contributed by atoms with E-state index in [1.165, 1.54) is 0 Å². The van der Waals surface area contributed by atoms with E-state index in [1.807, 2.05) is 32.0 Å². The summed E-state index contributed by atoms with van der Waals surface area (Å²) in [4.78, 5) is 11.2. The van der Waals surface area contributed by atoms with Crippen LogP contribution in [-0.2, 0) is 4.79 Å². The second-order valence-corrected chi connectivity index (χ2v) is 3.47. The molecule has 1 aromatic carbocycles. The van der Waals surface area contributed by atoms with Gasteiger partial charge < -0.3 is 4.74 Å². The third-order valence-corrected chi connectivity index (χ3v) is 2.37. The average Bonchev–Trinajstić information content (AvgIpc) is 2.23. The fourth-order valence-electron chi connectivity index (χ4n) is 1.21. The van der Waals surface area contributed by atoms with E-state index in [-0.39, 0.29) is 5.91 Å². The number of nitrogens with two attached hydrogens (primary N) is 1. The number of rotatable bonds is 3. The number of nitrogens with one attached hydrogen (secondary N) is 1. The first-order valence-corrected chi connectivity index (χ1v) is 4.79. The van der Waals surface area contributed by atoms with Crippen LogP contribution < -0.4 is 16.0 Å². The fourth-order valence-corrected chi connectivity index (χ4v) is 1.21. The molecule has 1 aromatic rings. The van der Waals surface area contributed by atoms with Crippen molar-refractivity contribution in [1.29, 1.82) is 0 Å². The number of hydrogen-bond donors (Lipinski definition) is 2. The molecule has 1 amide bonds. The van der Waals surface area contributed by atoms with Crippen molar-refractivity contribution in [3.05, 3.63) is 29.3 Å². The highest BCUT2D eigenvalue weighted by Gasteiger charge is 2.14. The maximum Gasteiger partial charge on any atom is 0.274 e. The monoisotopic (exact) mass is 208 g/mol. The number of hydrogen-bond acceptors (Lipinski definition) is 3. The molecular formula is C11H16N2O2. The summed E-state index contributed by atoms with van der Waals surface area (Å²) in [7, 11) is 0. The van der Waals surface area contributed by atoms with Gasteiger partial charge in [0.05, 0.1) is 0 Å². The summed E-state index contributed by atoms with van der Waals surface area (Å²) in [6.07, 6.45) is -0.588. The second-order valence-electron chi connectivity index (χ2n) is 3.47. The quantitative estimate of drug-likeness (QED) is 0.443. The Hall–Kier alpha value is -1.55. The van der Waals surface area contributed by atoms with Crippen LogP contribution in [-0.4, -0.2) is 12.0 Å². The minimum absolute atomic E-state index is 0.337. The molecule has 82 valence electrons. The largest absolute Gasteiger partial charge is 0.481 e. The Morgan fingerprint density at radius 1 is 1.47 bits per heavy atom. The first-order valence-electron chi connectivity index (χ1n) is 4.79.